The molecule has 0 bridgehead atoms. The number of anilines is 1. The van der Waals surface area contributed by atoms with Crippen LogP contribution in [0.1, 0.15) is 36.8 Å². The highest BCUT2D eigenvalue weighted by molar-refractivity contribution is 5.72. The van der Waals surface area contributed by atoms with Crippen molar-refractivity contribution in [1.82, 2.24) is 0 Å². The SMILES string of the molecule is NC(CCC1CC1)(c1ccccc1)c1ccc(F)c(NC=O)c1. The Hall–Kier alpha value is -2.20. The second-order valence-corrected chi connectivity index (χ2v) is 6.28. The van der Waals surface area contributed by atoms with Crippen molar-refractivity contribution in [2.45, 2.75) is 31.2 Å². The lowest BCUT2D eigenvalue weighted by atomic mass is 9.79. The van der Waals surface area contributed by atoms with Gasteiger partial charge in [0.25, 0.3) is 0 Å². The molecule has 0 aliphatic heterocycles. The molecule has 0 saturated heterocycles. The van der Waals surface area contributed by atoms with Gasteiger partial charge < -0.3 is 11.1 Å². The van der Waals surface area contributed by atoms with E-state index in [1.165, 1.54) is 18.9 Å². The summed E-state index contributed by atoms with van der Waals surface area (Å²) in [6, 6.07) is 14.6. The predicted molar refractivity (Wildman–Crippen MR) is 89.5 cm³/mol. The van der Waals surface area contributed by atoms with Crippen molar-refractivity contribution in [2.24, 2.45) is 11.7 Å². The topological polar surface area (TPSA) is 55.1 Å². The van der Waals surface area contributed by atoms with Gasteiger partial charge in [-0.2, -0.15) is 0 Å². The second kappa shape index (κ2) is 6.50. The minimum Gasteiger partial charge on any atom is -0.326 e. The number of hydrogen-bond donors (Lipinski definition) is 2. The van der Waals surface area contributed by atoms with Crippen molar-refractivity contribution in [3.05, 3.63) is 65.5 Å². The fourth-order valence-corrected chi connectivity index (χ4v) is 3.01. The Balaban J connectivity index is 2.00. The summed E-state index contributed by atoms with van der Waals surface area (Å²) in [6.45, 7) is 0. The van der Waals surface area contributed by atoms with Crippen molar-refractivity contribution < 1.29 is 9.18 Å². The number of rotatable bonds is 7. The maximum Gasteiger partial charge on any atom is 0.211 e. The molecule has 1 saturated carbocycles. The number of carbonyl (C=O) groups is 1. The smallest absolute Gasteiger partial charge is 0.211 e. The van der Waals surface area contributed by atoms with Crippen LogP contribution in [0.25, 0.3) is 0 Å². The second-order valence-electron chi connectivity index (χ2n) is 6.28. The molecule has 3 nitrogen and oxygen atoms in total. The molecule has 3 N–H and O–H groups in total. The van der Waals surface area contributed by atoms with Crippen LogP contribution in [0.5, 0.6) is 0 Å². The van der Waals surface area contributed by atoms with Gasteiger partial charge in [-0.15, -0.1) is 0 Å². The molecular weight excluding hydrogens is 291 g/mol. The zero-order chi connectivity index (χ0) is 16.3. The summed E-state index contributed by atoms with van der Waals surface area (Å²) in [5, 5.41) is 2.41. The largest absolute Gasteiger partial charge is 0.326 e. The third-order valence-electron chi connectivity index (χ3n) is 4.63. The van der Waals surface area contributed by atoms with Crippen molar-refractivity contribution in [1.29, 1.82) is 0 Å². The zero-order valence-corrected chi connectivity index (χ0v) is 13.0. The lowest BCUT2D eigenvalue weighted by molar-refractivity contribution is -0.105. The molecule has 1 aliphatic carbocycles. The lowest BCUT2D eigenvalue weighted by Gasteiger charge is -2.31. The molecule has 0 radical (unpaired) electrons. The Morgan fingerprint density at radius 2 is 1.91 bits per heavy atom. The molecule has 1 aliphatic rings. The van der Waals surface area contributed by atoms with Crippen molar-refractivity contribution in [2.75, 3.05) is 5.32 Å². The predicted octanol–water partition coefficient (Wildman–Crippen LogP) is 3.79. The quantitative estimate of drug-likeness (QED) is 0.764. The first-order chi connectivity index (χ1) is 11.1. The van der Waals surface area contributed by atoms with E-state index in [1.807, 2.05) is 30.3 Å². The molecule has 0 spiro atoms. The van der Waals surface area contributed by atoms with Gasteiger partial charge in [0.2, 0.25) is 6.41 Å². The minimum atomic E-state index is -0.684. The highest BCUT2D eigenvalue weighted by Gasteiger charge is 2.33. The Labute approximate surface area is 135 Å². The highest BCUT2D eigenvalue weighted by Crippen LogP contribution is 2.40. The van der Waals surface area contributed by atoms with Crippen molar-refractivity contribution in [3.8, 4) is 0 Å². The number of benzene rings is 2. The Bertz CT molecular complexity index is 685. The summed E-state index contributed by atoms with van der Waals surface area (Å²) >= 11 is 0. The average molecular weight is 312 g/mol. The summed E-state index contributed by atoms with van der Waals surface area (Å²) in [7, 11) is 0. The molecule has 2 aromatic rings. The molecule has 1 unspecified atom stereocenters. The van der Waals surface area contributed by atoms with Gasteiger partial charge in [-0.1, -0.05) is 49.2 Å². The number of hydrogen-bond acceptors (Lipinski definition) is 2. The molecule has 1 atom stereocenters. The maximum absolute atomic E-state index is 13.8. The Morgan fingerprint density at radius 3 is 2.57 bits per heavy atom. The first kappa shape index (κ1) is 15.7. The van der Waals surface area contributed by atoms with Gasteiger partial charge in [-0.25, -0.2) is 4.39 Å². The van der Waals surface area contributed by atoms with Gasteiger partial charge in [0.1, 0.15) is 5.82 Å². The van der Waals surface area contributed by atoms with Gasteiger partial charge in [0.05, 0.1) is 11.2 Å². The number of nitrogens with two attached hydrogens (primary N) is 1. The van der Waals surface area contributed by atoms with Crippen LogP contribution in [0, 0.1) is 11.7 Å². The van der Waals surface area contributed by atoms with Crippen molar-refractivity contribution >= 4 is 12.1 Å². The molecule has 3 rings (SSSR count). The van der Waals surface area contributed by atoms with E-state index in [9.17, 15) is 9.18 Å². The van der Waals surface area contributed by atoms with E-state index in [4.69, 9.17) is 5.73 Å². The van der Waals surface area contributed by atoms with Gasteiger partial charge in [0.15, 0.2) is 0 Å². The van der Waals surface area contributed by atoms with Gasteiger partial charge >= 0.3 is 0 Å². The third kappa shape index (κ3) is 3.42. The van der Waals surface area contributed by atoms with Crippen LogP contribution in [0.4, 0.5) is 10.1 Å². The van der Waals surface area contributed by atoms with Gasteiger partial charge in [0, 0.05) is 0 Å². The molecule has 1 fully saturated rings. The highest BCUT2D eigenvalue weighted by atomic mass is 19.1. The fourth-order valence-electron chi connectivity index (χ4n) is 3.01. The van der Waals surface area contributed by atoms with Crippen LogP contribution in [0.2, 0.25) is 0 Å². The first-order valence-corrected chi connectivity index (χ1v) is 7.98. The molecule has 4 heteroatoms. The van der Waals surface area contributed by atoms with Crippen LogP contribution in [-0.2, 0) is 10.3 Å². The molecule has 0 heterocycles. The van der Waals surface area contributed by atoms with E-state index in [0.717, 1.165) is 29.9 Å². The lowest BCUT2D eigenvalue weighted by Crippen LogP contribution is -2.38. The first-order valence-electron chi connectivity index (χ1n) is 7.98. The van der Waals surface area contributed by atoms with Crippen molar-refractivity contribution in [3.63, 3.8) is 0 Å². The van der Waals surface area contributed by atoms with Crippen LogP contribution in [0.15, 0.2) is 48.5 Å². The van der Waals surface area contributed by atoms with Crippen LogP contribution in [0.3, 0.4) is 0 Å². The molecular formula is C19H21FN2O. The van der Waals surface area contributed by atoms with E-state index >= 15 is 0 Å². The molecule has 1 amide bonds. The summed E-state index contributed by atoms with van der Waals surface area (Å²) < 4.78 is 13.8. The van der Waals surface area contributed by atoms with Gasteiger partial charge in [-0.05, 0) is 42.0 Å². The number of carbonyl (C=O) groups excluding carboxylic acids is 1. The molecule has 0 aromatic heterocycles. The molecule has 120 valence electrons. The van der Waals surface area contributed by atoms with E-state index in [1.54, 1.807) is 12.1 Å². The summed E-state index contributed by atoms with van der Waals surface area (Å²) in [5.74, 6) is 0.299. The Morgan fingerprint density at radius 1 is 1.17 bits per heavy atom. The van der Waals surface area contributed by atoms with E-state index in [0.29, 0.717) is 6.41 Å². The average Bonchev–Trinajstić information content (AvgIpc) is 3.40. The van der Waals surface area contributed by atoms with Crippen LogP contribution >= 0.6 is 0 Å². The third-order valence-corrected chi connectivity index (χ3v) is 4.63. The summed E-state index contributed by atoms with van der Waals surface area (Å²) in [6.07, 6.45) is 4.87. The standard InChI is InChI=1S/C19H21FN2O/c20-17-9-8-16(12-18(17)22-13-23)19(21,11-10-14-6-7-14)15-4-2-1-3-5-15/h1-5,8-9,12-14H,6-7,10-11,21H2,(H,22,23). The van der Waals surface area contributed by atoms with E-state index < -0.39 is 11.4 Å². The molecule has 23 heavy (non-hydrogen) atoms. The summed E-state index contributed by atoms with van der Waals surface area (Å²) in [5.41, 5.74) is 8.09. The van der Waals surface area contributed by atoms with Crippen LogP contribution in [-0.4, -0.2) is 6.41 Å². The zero-order valence-electron chi connectivity index (χ0n) is 13.0. The monoisotopic (exact) mass is 312 g/mol. The number of nitrogens with one attached hydrogen (secondary N) is 1. The normalized spacial score (nSPS) is 16.6. The van der Waals surface area contributed by atoms with E-state index in [2.05, 4.69) is 5.32 Å². The van der Waals surface area contributed by atoms with Crippen LogP contribution < -0.4 is 11.1 Å². The maximum atomic E-state index is 13.8. The summed E-state index contributed by atoms with van der Waals surface area (Å²) in [4.78, 5) is 10.7. The number of halogens is 1. The fraction of sp³-hybridized carbons (Fsp3) is 0.316. The minimum absolute atomic E-state index is 0.162. The molecule has 2 aromatic carbocycles. The van der Waals surface area contributed by atoms with Gasteiger partial charge in [-0.3, -0.25) is 4.79 Å². The number of amides is 1. The Kier molecular flexibility index (Phi) is 4.44. The van der Waals surface area contributed by atoms with E-state index in [-0.39, 0.29) is 5.69 Å².